The third-order valence-corrected chi connectivity index (χ3v) is 5.46. The highest BCUT2D eigenvalue weighted by Crippen LogP contribution is 2.28. The molecule has 0 aliphatic carbocycles. The number of nitrogens with zero attached hydrogens (tertiary/aromatic N) is 1. The minimum atomic E-state index is -0.587. The Morgan fingerprint density at radius 1 is 1.03 bits per heavy atom. The van der Waals surface area contributed by atoms with Crippen molar-refractivity contribution in [3.8, 4) is 0 Å². The lowest BCUT2D eigenvalue weighted by atomic mass is 9.99. The van der Waals surface area contributed by atoms with E-state index in [4.69, 9.17) is 9.47 Å². The molecule has 0 radical (unpaired) electrons. The summed E-state index contributed by atoms with van der Waals surface area (Å²) < 4.78 is 10.7. The molecule has 1 aromatic heterocycles. The van der Waals surface area contributed by atoms with Crippen molar-refractivity contribution >= 4 is 28.2 Å². The first-order valence-electron chi connectivity index (χ1n) is 11.1. The Balaban J connectivity index is 1.78. The van der Waals surface area contributed by atoms with E-state index in [2.05, 4.69) is 17.2 Å². The molecular formula is C27H30N2O4. The number of fused-ring (bicyclic) bond motifs is 1. The van der Waals surface area contributed by atoms with E-state index < -0.39 is 6.29 Å². The van der Waals surface area contributed by atoms with Gasteiger partial charge in [-0.2, -0.15) is 0 Å². The van der Waals surface area contributed by atoms with Crippen LogP contribution in [0, 0.1) is 0 Å². The topological polar surface area (TPSA) is 77.5 Å². The zero-order valence-corrected chi connectivity index (χ0v) is 19.3. The summed E-state index contributed by atoms with van der Waals surface area (Å²) in [5.74, 6) is -0.473. The Labute approximate surface area is 194 Å². The van der Waals surface area contributed by atoms with Crippen LogP contribution in [0.2, 0.25) is 0 Å². The summed E-state index contributed by atoms with van der Waals surface area (Å²) in [6, 6.07) is 17.0. The van der Waals surface area contributed by atoms with Crippen LogP contribution in [0.1, 0.15) is 54.0 Å². The van der Waals surface area contributed by atoms with E-state index in [1.54, 1.807) is 44.7 Å². The number of ketones is 1. The number of benzene rings is 2. The maximum Gasteiger partial charge on any atom is 0.244 e. The van der Waals surface area contributed by atoms with Crippen molar-refractivity contribution in [3.05, 3.63) is 83.6 Å². The Morgan fingerprint density at radius 2 is 1.79 bits per heavy atom. The second-order valence-electron chi connectivity index (χ2n) is 7.69. The molecule has 6 heteroatoms. The number of pyridine rings is 1. The molecule has 1 amide bonds. The van der Waals surface area contributed by atoms with Gasteiger partial charge < -0.3 is 14.8 Å². The summed E-state index contributed by atoms with van der Waals surface area (Å²) in [5, 5.41) is 3.44. The molecule has 0 bridgehead atoms. The van der Waals surface area contributed by atoms with Gasteiger partial charge in [0.2, 0.25) is 5.91 Å². The fraction of sp³-hybridized carbons (Fsp3) is 0.296. The first-order chi connectivity index (χ1) is 16.1. The number of unbranched alkanes of at least 4 members (excludes halogenated alkanes) is 1. The summed E-state index contributed by atoms with van der Waals surface area (Å²) >= 11 is 0. The molecule has 172 valence electrons. The van der Waals surface area contributed by atoms with Gasteiger partial charge in [-0.15, -0.1) is 0 Å². The van der Waals surface area contributed by atoms with E-state index in [0.717, 1.165) is 36.0 Å². The van der Waals surface area contributed by atoms with Gasteiger partial charge in [-0.25, -0.2) is 0 Å². The van der Waals surface area contributed by atoms with Crippen molar-refractivity contribution < 1.29 is 19.1 Å². The standard InChI is InChI=1S/C27H30N2O4/c1-4-5-10-20(19-11-7-6-8-12-19)17-25(31)29-18-24(30)21-14-15-23(27(32-2)33-3)26-22(21)13-9-16-28-26/h6-9,11-17,27H,4-5,10,18H2,1-3H3,(H,29,31)/b20-17+. The highest BCUT2D eigenvalue weighted by atomic mass is 16.7. The van der Waals surface area contributed by atoms with Gasteiger partial charge in [-0.1, -0.05) is 61.9 Å². The average molecular weight is 447 g/mol. The lowest BCUT2D eigenvalue weighted by molar-refractivity contribution is -0.116. The van der Waals surface area contributed by atoms with Gasteiger partial charge in [0.05, 0.1) is 12.1 Å². The molecular weight excluding hydrogens is 416 g/mol. The average Bonchev–Trinajstić information content (AvgIpc) is 2.86. The lowest BCUT2D eigenvalue weighted by Gasteiger charge is -2.16. The highest BCUT2D eigenvalue weighted by Gasteiger charge is 2.18. The van der Waals surface area contributed by atoms with Crippen molar-refractivity contribution in [3.63, 3.8) is 0 Å². The van der Waals surface area contributed by atoms with E-state index in [0.29, 0.717) is 16.5 Å². The van der Waals surface area contributed by atoms with Crippen LogP contribution in [0.15, 0.2) is 66.9 Å². The summed E-state index contributed by atoms with van der Waals surface area (Å²) in [6.45, 7) is 2.01. The zero-order chi connectivity index (χ0) is 23.6. The van der Waals surface area contributed by atoms with Crippen LogP contribution in [0.5, 0.6) is 0 Å². The molecule has 0 fully saturated rings. The predicted octanol–water partition coefficient (Wildman–Crippen LogP) is 5.10. The van der Waals surface area contributed by atoms with Crippen LogP contribution < -0.4 is 5.32 Å². The molecule has 1 heterocycles. The van der Waals surface area contributed by atoms with E-state index >= 15 is 0 Å². The fourth-order valence-electron chi connectivity index (χ4n) is 3.77. The number of methoxy groups -OCH3 is 2. The van der Waals surface area contributed by atoms with Crippen LogP contribution >= 0.6 is 0 Å². The Hall–Kier alpha value is -3.35. The number of allylic oxidation sites excluding steroid dienone is 1. The fourth-order valence-corrected chi connectivity index (χ4v) is 3.77. The van der Waals surface area contributed by atoms with Crippen molar-refractivity contribution in [1.29, 1.82) is 0 Å². The van der Waals surface area contributed by atoms with Crippen LogP contribution in [0.3, 0.4) is 0 Å². The molecule has 2 aromatic carbocycles. The summed E-state index contributed by atoms with van der Waals surface area (Å²) in [5.41, 5.74) is 3.85. The molecule has 0 aliphatic heterocycles. The highest BCUT2D eigenvalue weighted by molar-refractivity contribution is 6.10. The molecule has 0 saturated heterocycles. The normalized spacial score (nSPS) is 11.7. The zero-order valence-electron chi connectivity index (χ0n) is 19.3. The molecule has 0 unspecified atom stereocenters. The van der Waals surface area contributed by atoms with E-state index in [1.807, 2.05) is 36.4 Å². The van der Waals surface area contributed by atoms with Gasteiger partial charge >= 0.3 is 0 Å². The summed E-state index contributed by atoms with van der Waals surface area (Å²) in [7, 11) is 3.10. The number of aromatic nitrogens is 1. The number of carbonyl (C=O) groups excluding carboxylic acids is 2. The smallest absolute Gasteiger partial charge is 0.244 e. The third-order valence-electron chi connectivity index (χ3n) is 5.46. The van der Waals surface area contributed by atoms with Gasteiger partial charge in [-0.3, -0.25) is 14.6 Å². The molecule has 1 N–H and O–H groups in total. The number of hydrogen-bond donors (Lipinski definition) is 1. The van der Waals surface area contributed by atoms with E-state index in [-0.39, 0.29) is 18.2 Å². The van der Waals surface area contributed by atoms with Gasteiger partial charge in [0.25, 0.3) is 0 Å². The van der Waals surface area contributed by atoms with Gasteiger partial charge in [-0.05, 0) is 30.0 Å². The Bertz CT molecular complexity index is 1120. The summed E-state index contributed by atoms with van der Waals surface area (Å²) in [6.07, 6.45) is 5.51. The van der Waals surface area contributed by atoms with Crippen molar-refractivity contribution in [2.45, 2.75) is 32.5 Å². The molecule has 6 nitrogen and oxygen atoms in total. The van der Waals surface area contributed by atoms with E-state index in [1.165, 1.54) is 0 Å². The maximum atomic E-state index is 13.0. The maximum absolute atomic E-state index is 13.0. The monoisotopic (exact) mass is 446 g/mol. The Morgan fingerprint density at radius 3 is 2.48 bits per heavy atom. The second-order valence-corrected chi connectivity index (χ2v) is 7.69. The number of rotatable bonds is 11. The van der Waals surface area contributed by atoms with Crippen LogP contribution in [-0.2, 0) is 14.3 Å². The minimum Gasteiger partial charge on any atom is -0.352 e. The number of nitrogens with one attached hydrogen (secondary N) is 1. The molecule has 33 heavy (non-hydrogen) atoms. The predicted molar refractivity (Wildman–Crippen MR) is 130 cm³/mol. The molecule has 0 aliphatic rings. The second kappa shape index (κ2) is 12.0. The molecule has 3 aromatic rings. The number of hydrogen-bond acceptors (Lipinski definition) is 5. The van der Waals surface area contributed by atoms with Crippen LogP contribution in [0.4, 0.5) is 0 Å². The van der Waals surface area contributed by atoms with Crippen molar-refractivity contribution in [2.24, 2.45) is 0 Å². The number of Topliss-reactive ketones (excluding diaryl/α,β-unsaturated/α-hetero) is 1. The SMILES string of the molecule is CCCC/C(=C\C(=O)NCC(=O)c1ccc(C(OC)OC)c2ncccc12)c1ccccc1. The van der Waals surface area contributed by atoms with Gasteiger partial charge in [0, 0.05) is 43.0 Å². The summed E-state index contributed by atoms with van der Waals surface area (Å²) in [4.78, 5) is 30.0. The number of amides is 1. The van der Waals surface area contributed by atoms with E-state index in [9.17, 15) is 9.59 Å². The molecule has 0 spiro atoms. The largest absolute Gasteiger partial charge is 0.352 e. The molecule has 0 atom stereocenters. The first kappa shape index (κ1) is 24.3. The third kappa shape index (κ3) is 6.12. The Kier molecular flexibility index (Phi) is 8.87. The van der Waals surface area contributed by atoms with Crippen LogP contribution in [-0.4, -0.2) is 37.4 Å². The van der Waals surface area contributed by atoms with Crippen molar-refractivity contribution in [1.82, 2.24) is 10.3 Å². The number of carbonyl (C=O) groups is 2. The molecule has 0 saturated carbocycles. The van der Waals surface area contributed by atoms with Crippen LogP contribution in [0.25, 0.3) is 16.5 Å². The molecule has 3 rings (SSSR count). The van der Waals surface area contributed by atoms with Crippen molar-refractivity contribution in [2.75, 3.05) is 20.8 Å². The minimum absolute atomic E-state index is 0.105. The first-order valence-corrected chi connectivity index (χ1v) is 11.1. The van der Waals surface area contributed by atoms with Gasteiger partial charge in [0.1, 0.15) is 0 Å². The quantitative estimate of drug-likeness (QED) is 0.252. The van der Waals surface area contributed by atoms with Gasteiger partial charge in [0.15, 0.2) is 12.1 Å². The number of ether oxygens (including phenoxy) is 2. The lowest BCUT2D eigenvalue weighted by Crippen LogP contribution is -2.28.